The Bertz CT molecular complexity index is 824. The van der Waals surface area contributed by atoms with E-state index in [1.54, 1.807) is 0 Å². The van der Waals surface area contributed by atoms with E-state index in [0.717, 1.165) is 23.8 Å². The average molecular weight is 347 g/mol. The Labute approximate surface area is 154 Å². The predicted octanol–water partition coefficient (Wildman–Crippen LogP) is 3.69. The quantitative estimate of drug-likeness (QED) is 0.528. The van der Waals surface area contributed by atoms with Crippen molar-refractivity contribution in [2.75, 3.05) is 6.54 Å². The summed E-state index contributed by atoms with van der Waals surface area (Å²) in [5, 5.41) is 11.2. The molecule has 1 aromatic heterocycles. The number of aromatic nitrogens is 2. The van der Waals surface area contributed by atoms with Crippen LogP contribution in [-0.4, -0.2) is 22.3 Å². The molecule has 1 heterocycles. The lowest BCUT2D eigenvalue weighted by atomic mass is 10.1. The molecule has 2 aromatic carbocycles. The van der Waals surface area contributed by atoms with Gasteiger partial charge in [0, 0.05) is 18.3 Å². The third kappa shape index (κ3) is 4.72. The summed E-state index contributed by atoms with van der Waals surface area (Å²) in [4.78, 5) is 4.70. The van der Waals surface area contributed by atoms with Gasteiger partial charge in [0.05, 0.1) is 24.5 Å². The zero-order chi connectivity index (χ0) is 18.2. The molecule has 0 bridgehead atoms. The van der Waals surface area contributed by atoms with Crippen LogP contribution in [0.5, 0.6) is 0 Å². The molecular weight excluding hydrogens is 322 g/mol. The van der Waals surface area contributed by atoms with Gasteiger partial charge in [0.25, 0.3) is 0 Å². The molecule has 26 heavy (non-hydrogen) atoms. The second-order valence-electron chi connectivity index (χ2n) is 6.10. The molecular formula is C21H25N5. The van der Waals surface area contributed by atoms with Gasteiger partial charge in [-0.2, -0.15) is 5.10 Å². The number of guanidine groups is 1. The van der Waals surface area contributed by atoms with Crippen molar-refractivity contribution in [3.05, 3.63) is 84.2 Å². The van der Waals surface area contributed by atoms with Crippen molar-refractivity contribution in [1.29, 1.82) is 0 Å². The van der Waals surface area contributed by atoms with Gasteiger partial charge >= 0.3 is 0 Å². The zero-order valence-corrected chi connectivity index (χ0v) is 15.3. The van der Waals surface area contributed by atoms with E-state index in [2.05, 4.69) is 53.8 Å². The summed E-state index contributed by atoms with van der Waals surface area (Å²) < 4.78 is 1.87. The molecule has 5 heteroatoms. The number of nitrogens with one attached hydrogen (secondary N) is 2. The average Bonchev–Trinajstić information content (AvgIpc) is 3.17. The van der Waals surface area contributed by atoms with Crippen LogP contribution < -0.4 is 10.6 Å². The molecule has 134 valence electrons. The van der Waals surface area contributed by atoms with Crippen LogP contribution in [0, 0.1) is 0 Å². The maximum Gasteiger partial charge on any atom is 0.192 e. The molecule has 0 aliphatic carbocycles. The Balaban J connectivity index is 1.67. The van der Waals surface area contributed by atoms with Crippen molar-refractivity contribution in [2.45, 2.75) is 26.4 Å². The number of aliphatic imine (C=N–C) groups is 1. The smallest absolute Gasteiger partial charge is 0.192 e. The fourth-order valence-corrected chi connectivity index (χ4v) is 2.68. The minimum atomic E-state index is 0.182. The lowest BCUT2D eigenvalue weighted by Crippen LogP contribution is -2.38. The van der Waals surface area contributed by atoms with Crippen molar-refractivity contribution < 1.29 is 0 Å². The van der Waals surface area contributed by atoms with Gasteiger partial charge in [-0.25, -0.2) is 9.67 Å². The Kier molecular flexibility index (Phi) is 6.04. The van der Waals surface area contributed by atoms with E-state index < -0.39 is 0 Å². The summed E-state index contributed by atoms with van der Waals surface area (Å²) in [5.41, 5.74) is 3.35. The van der Waals surface area contributed by atoms with E-state index in [0.29, 0.717) is 6.54 Å². The van der Waals surface area contributed by atoms with Gasteiger partial charge in [-0.1, -0.05) is 48.5 Å². The molecule has 0 saturated heterocycles. The molecule has 1 unspecified atom stereocenters. The van der Waals surface area contributed by atoms with Crippen LogP contribution in [0.15, 0.2) is 78.0 Å². The molecule has 0 fully saturated rings. The molecule has 0 aliphatic heterocycles. The Morgan fingerprint density at radius 1 is 1.08 bits per heavy atom. The normalized spacial score (nSPS) is 12.6. The molecule has 2 N–H and O–H groups in total. The minimum absolute atomic E-state index is 0.182. The Morgan fingerprint density at radius 2 is 1.77 bits per heavy atom. The van der Waals surface area contributed by atoms with Gasteiger partial charge in [-0.15, -0.1) is 0 Å². The first-order chi connectivity index (χ1) is 12.8. The monoisotopic (exact) mass is 347 g/mol. The Morgan fingerprint density at radius 3 is 2.46 bits per heavy atom. The SMILES string of the molecule is CCNC(=NCc1cnn(-c2ccccc2)c1)NC(C)c1ccccc1. The van der Waals surface area contributed by atoms with Crippen molar-refractivity contribution in [1.82, 2.24) is 20.4 Å². The topological polar surface area (TPSA) is 54.2 Å². The van der Waals surface area contributed by atoms with E-state index in [1.807, 2.05) is 53.5 Å². The van der Waals surface area contributed by atoms with Crippen molar-refractivity contribution in [3.8, 4) is 5.69 Å². The van der Waals surface area contributed by atoms with Gasteiger partial charge in [0.1, 0.15) is 0 Å². The molecule has 0 saturated carbocycles. The second-order valence-corrected chi connectivity index (χ2v) is 6.10. The van der Waals surface area contributed by atoms with Crippen LogP contribution >= 0.6 is 0 Å². The lowest BCUT2D eigenvalue weighted by Gasteiger charge is -2.18. The van der Waals surface area contributed by atoms with Crippen LogP contribution in [0.1, 0.15) is 31.0 Å². The van der Waals surface area contributed by atoms with Crippen LogP contribution in [0.2, 0.25) is 0 Å². The highest BCUT2D eigenvalue weighted by Crippen LogP contribution is 2.11. The predicted molar refractivity (Wildman–Crippen MR) is 106 cm³/mol. The Hall–Kier alpha value is -3.08. The van der Waals surface area contributed by atoms with E-state index >= 15 is 0 Å². The van der Waals surface area contributed by atoms with Crippen LogP contribution in [0.3, 0.4) is 0 Å². The van der Waals surface area contributed by atoms with Crippen molar-refractivity contribution >= 4 is 5.96 Å². The molecule has 0 radical (unpaired) electrons. The highest BCUT2D eigenvalue weighted by Gasteiger charge is 2.07. The summed E-state index contributed by atoms with van der Waals surface area (Å²) in [5.74, 6) is 0.802. The fourth-order valence-electron chi connectivity index (χ4n) is 2.68. The van der Waals surface area contributed by atoms with Crippen LogP contribution in [0.4, 0.5) is 0 Å². The number of rotatable bonds is 6. The largest absolute Gasteiger partial charge is 0.357 e. The number of hydrogen-bond acceptors (Lipinski definition) is 2. The third-order valence-corrected chi connectivity index (χ3v) is 4.07. The minimum Gasteiger partial charge on any atom is -0.357 e. The van der Waals surface area contributed by atoms with Crippen LogP contribution in [0.25, 0.3) is 5.69 Å². The number of para-hydroxylation sites is 1. The van der Waals surface area contributed by atoms with Gasteiger partial charge in [-0.3, -0.25) is 0 Å². The van der Waals surface area contributed by atoms with Gasteiger partial charge in [0.15, 0.2) is 5.96 Å². The summed E-state index contributed by atoms with van der Waals surface area (Å²) in [6.07, 6.45) is 3.88. The molecule has 3 rings (SSSR count). The molecule has 0 spiro atoms. The summed E-state index contributed by atoms with van der Waals surface area (Å²) in [6, 6.07) is 20.6. The second kappa shape index (κ2) is 8.85. The summed E-state index contributed by atoms with van der Waals surface area (Å²) in [7, 11) is 0. The van der Waals surface area contributed by atoms with E-state index in [1.165, 1.54) is 5.56 Å². The first-order valence-electron chi connectivity index (χ1n) is 8.95. The first kappa shape index (κ1) is 17.7. The highest BCUT2D eigenvalue weighted by molar-refractivity contribution is 5.80. The maximum absolute atomic E-state index is 4.70. The standard InChI is InChI=1S/C21H25N5/c1-3-22-21(25-17(2)19-10-6-4-7-11-19)23-14-18-15-24-26(16-18)20-12-8-5-9-13-20/h4-13,15-17H,3,14H2,1-2H3,(H2,22,23,25). The van der Waals surface area contributed by atoms with Crippen LogP contribution in [-0.2, 0) is 6.54 Å². The van der Waals surface area contributed by atoms with Crippen molar-refractivity contribution in [3.63, 3.8) is 0 Å². The molecule has 3 aromatic rings. The van der Waals surface area contributed by atoms with Gasteiger partial charge in [0.2, 0.25) is 0 Å². The zero-order valence-electron chi connectivity index (χ0n) is 15.3. The highest BCUT2D eigenvalue weighted by atomic mass is 15.3. The summed E-state index contributed by atoms with van der Waals surface area (Å²) >= 11 is 0. The van der Waals surface area contributed by atoms with Gasteiger partial charge < -0.3 is 10.6 Å². The molecule has 5 nitrogen and oxygen atoms in total. The van der Waals surface area contributed by atoms with E-state index in [9.17, 15) is 0 Å². The molecule has 1 atom stereocenters. The number of hydrogen-bond donors (Lipinski definition) is 2. The van der Waals surface area contributed by atoms with Crippen molar-refractivity contribution in [2.24, 2.45) is 4.99 Å². The number of benzene rings is 2. The lowest BCUT2D eigenvalue weighted by molar-refractivity contribution is 0.686. The summed E-state index contributed by atoms with van der Waals surface area (Å²) in [6.45, 7) is 5.59. The maximum atomic E-state index is 4.70. The first-order valence-corrected chi connectivity index (χ1v) is 8.95. The third-order valence-electron chi connectivity index (χ3n) is 4.07. The number of nitrogens with zero attached hydrogens (tertiary/aromatic N) is 3. The molecule has 0 aliphatic rings. The van der Waals surface area contributed by atoms with E-state index in [-0.39, 0.29) is 6.04 Å². The molecule has 0 amide bonds. The van der Waals surface area contributed by atoms with E-state index in [4.69, 9.17) is 4.99 Å². The van der Waals surface area contributed by atoms with Gasteiger partial charge in [-0.05, 0) is 31.5 Å². The fraction of sp³-hybridized carbons (Fsp3) is 0.238.